The molecule has 1 unspecified atom stereocenters. The Morgan fingerprint density at radius 3 is 2.43 bits per heavy atom. The van der Waals surface area contributed by atoms with Gasteiger partial charge in [0.25, 0.3) is 5.91 Å². The van der Waals surface area contributed by atoms with Crippen molar-refractivity contribution < 1.29 is 14.0 Å². The van der Waals surface area contributed by atoms with E-state index >= 15 is 0 Å². The molecule has 144 valence electrons. The van der Waals surface area contributed by atoms with Gasteiger partial charge in [-0.05, 0) is 60.9 Å². The summed E-state index contributed by atoms with van der Waals surface area (Å²) in [5.74, 6) is 0.214. The van der Waals surface area contributed by atoms with Gasteiger partial charge in [0.1, 0.15) is 5.82 Å². The lowest BCUT2D eigenvalue weighted by molar-refractivity contribution is -0.136. The molecule has 3 aliphatic heterocycles. The molecule has 0 aliphatic carbocycles. The second kappa shape index (κ2) is 6.73. The highest BCUT2D eigenvalue weighted by Gasteiger charge is 2.44. The summed E-state index contributed by atoms with van der Waals surface area (Å²) in [5, 5.41) is 2.96. The molecular formula is C23H23FN2O2. The predicted octanol–water partition coefficient (Wildman–Crippen LogP) is 3.94. The average Bonchev–Trinajstić information content (AvgIpc) is 3.16. The van der Waals surface area contributed by atoms with Crippen molar-refractivity contribution in [3.05, 3.63) is 71.0 Å². The molecule has 1 N–H and O–H groups in total. The molecule has 2 aromatic rings. The van der Waals surface area contributed by atoms with Gasteiger partial charge in [-0.3, -0.25) is 9.59 Å². The van der Waals surface area contributed by atoms with Gasteiger partial charge in [0.2, 0.25) is 5.91 Å². The molecule has 4 atom stereocenters. The fourth-order valence-electron chi connectivity index (χ4n) is 5.35. The number of hydrogen-bond donors (Lipinski definition) is 1. The van der Waals surface area contributed by atoms with E-state index in [-0.39, 0.29) is 35.8 Å². The van der Waals surface area contributed by atoms with Gasteiger partial charge in [-0.1, -0.05) is 30.3 Å². The van der Waals surface area contributed by atoms with E-state index in [2.05, 4.69) is 10.2 Å². The van der Waals surface area contributed by atoms with Crippen LogP contribution in [-0.4, -0.2) is 28.8 Å². The molecule has 2 fully saturated rings. The van der Waals surface area contributed by atoms with E-state index in [0.29, 0.717) is 17.9 Å². The quantitative estimate of drug-likeness (QED) is 0.880. The van der Waals surface area contributed by atoms with Crippen LogP contribution < -0.4 is 5.32 Å². The zero-order chi connectivity index (χ0) is 19.3. The molecule has 0 aromatic heterocycles. The van der Waals surface area contributed by atoms with Crippen molar-refractivity contribution in [1.82, 2.24) is 10.2 Å². The van der Waals surface area contributed by atoms with Crippen LogP contribution in [0.4, 0.5) is 4.39 Å². The second-order valence-corrected chi connectivity index (χ2v) is 8.22. The summed E-state index contributed by atoms with van der Waals surface area (Å²) in [6.45, 7) is 0. The van der Waals surface area contributed by atoms with Gasteiger partial charge in [-0.15, -0.1) is 0 Å². The Hall–Kier alpha value is -2.69. The van der Waals surface area contributed by atoms with E-state index < -0.39 is 0 Å². The van der Waals surface area contributed by atoms with Crippen LogP contribution in [0.3, 0.4) is 0 Å². The fraction of sp³-hybridized carbons (Fsp3) is 0.391. The maximum atomic E-state index is 13.2. The molecule has 5 rings (SSSR count). The van der Waals surface area contributed by atoms with E-state index in [1.165, 1.54) is 17.7 Å². The first-order valence-electron chi connectivity index (χ1n) is 10.1. The first-order chi connectivity index (χ1) is 13.6. The maximum absolute atomic E-state index is 13.2. The normalized spacial score (nSPS) is 28.2. The van der Waals surface area contributed by atoms with Gasteiger partial charge in [-0.2, -0.15) is 0 Å². The zero-order valence-corrected chi connectivity index (χ0v) is 15.6. The zero-order valence-electron chi connectivity index (χ0n) is 15.6. The van der Waals surface area contributed by atoms with Crippen molar-refractivity contribution in [3.63, 3.8) is 0 Å². The van der Waals surface area contributed by atoms with E-state index in [9.17, 15) is 14.0 Å². The standard InChI is InChI=1S/C23H23FN2O2/c24-16-7-5-14(6-8-16)15-11-17-9-10-18(12-15)26(17)22(27)13-21-19-3-1-2-4-20(19)23(28)25-21/h1-8,15,17-18,21H,9-13H2,(H,25,28)/t15?,17-,18+,21-/m0/s1. The topological polar surface area (TPSA) is 49.4 Å². The molecular weight excluding hydrogens is 355 g/mol. The highest BCUT2D eigenvalue weighted by molar-refractivity contribution is 5.99. The van der Waals surface area contributed by atoms with Crippen LogP contribution in [0.5, 0.6) is 0 Å². The Kier molecular flexibility index (Phi) is 4.18. The summed E-state index contributed by atoms with van der Waals surface area (Å²) < 4.78 is 13.2. The van der Waals surface area contributed by atoms with Gasteiger partial charge < -0.3 is 10.2 Å². The molecule has 4 nitrogen and oxygen atoms in total. The Labute approximate surface area is 163 Å². The molecule has 2 bridgehead atoms. The second-order valence-electron chi connectivity index (χ2n) is 8.22. The smallest absolute Gasteiger partial charge is 0.252 e. The van der Waals surface area contributed by atoms with E-state index in [4.69, 9.17) is 0 Å². The highest BCUT2D eigenvalue weighted by atomic mass is 19.1. The summed E-state index contributed by atoms with van der Waals surface area (Å²) in [7, 11) is 0. The largest absolute Gasteiger partial charge is 0.345 e. The van der Waals surface area contributed by atoms with Gasteiger partial charge in [-0.25, -0.2) is 4.39 Å². The molecule has 5 heteroatoms. The van der Waals surface area contributed by atoms with Gasteiger partial charge >= 0.3 is 0 Å². The van der Waals surface area contributed by atoms with Crippen molar-refractivity contribution in [2.45, 2.75) is 56.1 Å². The lowest BCUT2D eigenvalue weighted by Crippen LogP contribution is -2.46. The number of nitrogens with zero attached hydrogens (tertiary/aromatic N) is 1. The first kappa shape index (κ1) is 17.4. The summed E-state index contributed by atoms with van der Waals surface area (Å²) in [4.78, 5) is 27.4. The number of fused-ring (bicyclic) bond motifs is 3. The molecule has 28 heavy (non-hydrogen) atoms. The van der Waals surface area contributed by atoms with Gasteiger partial charge in [0, 0.05) is 17.6 Å². The van der Waals surface area contributed by atoms with Crippen LogP contribution in [0.25, 0.3) is 0 Å². The Bertz CT molecular complexity index is 912. The molecule has 2 aromatic carbocycles. The number of halogens is 1. The average molecular weight is 378 g/mol. The molecule has 3 heterocycles. The minimum atomic E-state index is -0.231. The maximum Gasteiger partial charge on any atom is 0.252 e. The van der Waals surface area contributed by atoms with Crippen molar-refractivity contribution in [3.8, 4) is 0 Å². The van der Waals surface area contributed by atoms with Crippen LogP contribution in [0.1, 0.15) is 65.5 Å². The SMILES string of the molecule is O=C1N[C@@H](CC(=O)N2[C@@H]3CC[C@H]2CC(c2ccc(F)cc2)C3)c2ccccc21. The van der Waals surface area contributed by atoms with Crippen LogP contribution in [0, 0.1) is 5.82 Å². The van der Waals surface area contributed by atoms with Crippen molar-refractivity contribution in [1.29, 1.82) is 0 Å². The van der Waals surface area contributed by atoms with Crippen LogP contribution in [0.15, 0.2) is 48.5 Å². The van der Waals surface area contributed by atoms with Crippen LogP contribution >= 0.6 is 0 Å². The molecule has 0 radical (unpaired) electrons. The van der Waals surface area contributed by atoms with Gasteiger partial charge in [0.05, 0.1) is 12.5 Å². The van der Waals surface area contributed by atoms with E-state index in [1.807, 2.05) is 36.4 Å². The van der Waals surface area contributed by atoms with Crippen molar-refractivity contribution in [2.75, 3.05) is 0 Å². The number of piperidine rings is 1. The van der Waals surface area contributed by atoms with E-state index in [1.54, 1.807) is 0 Å². The predicted molar refractivity (Wildman–Crippen MR) is 103 cm³/mol. The summed E-state index contributed by atoms with van der Waals surface area (Å²) >= 11 is 0. The number of benzene rings is 2. The third-order valence-electron chi connectivity index (χ3n) is 6.63. The Morgan fingerprint density at radius 1 is 1.04 bits per heavy atom. The lowest BCUT2D eigenvalue weighted by Gasteiger charge is -2.39. The van der Waals surface area contributed by atoms with Crippen molar-refractivity contribution >= 4 is 11.8 Å². The number of rotatable bonds is 3. The lowest BCUT2D eigenvalue weighted by atomic mass is 9.84. The summed E-state index contributed by atoms with van der Waals surface area (Å²) in [6.07, 6.45) is 4.24. The van der Waals surface area contributed by atoms with E-state index in [0.717, 1.165) is 31.2 Å². The molecule has 3 aliphatic rings. The monoisotopic (exact) mass is 378 g/mol. The number of nitrogens with one attached hydrogen (secondary N) is 1. The highest BCUT2D eigenvalue weighted by Crippen LogP contribution is 2.44. The Balaban J connectivity index is 1.30. The molecule has 0 saturated carbocycles. The van der Waals surface area contributed by atoms with Crippen LogP contribution in [-0.2, 0) is 4.79 Å². The molecule has 2 amide bonds. The number of carbonyl (C=O) groups is 2. The third kappa shape index (κ3) is 2.89. The number of carbonyl (C=O) groups excluding carboxylic acids is 2. The fourth-order valence-corrected chi connectivity index (χ4v) is 5.35. The number of hydrogen-bond acceptors (Lipinski definition) is 2. The molecule has 2 saturated heterocycles. The van der Waals surface area contributed by atoms with Crippen LogP contribution in [0.2, 0.25) is 0 Å². The minimum Gasteiger partial charge on any atom is -0.345 e. The third-order valence-corrected chi connectivity index (χ3v) is 6.63. The minimum absolute atomic E-state index is 0.0913. The number of amides is 2. The first-order valence-corrected chi connectivity index (χ1v) is 10.1. The summed E-state index contributed by atoms with van der Waals surface area (Å²) in [5.41, 5.74) is 2.77. The molecule has 0 spiro atoms. The van der Waals surface area contributed by atoms with Gasteiger partial charge in [0.15, 0.2) is 0 Å². The summed E-state index contributed by atoms with van der Waals surface area (Å²) in [6, 6.07) is 14.6. The Morgan fingerprint density at radius 2 is 1.71 bits per heavy atom. The van der Waals surface area contributed by atoms with Crippen molar-refractivity contribution in [2.24, 2.45) is 0 Å².